The number of fused-ring (bicyclic) bond motifs is 2. The first-order chi connectivity index (χ1) is 17.5. The normalized spacial score (nSPS) is 17.7. The zero-order valence-electron chi connectivity index (χ0n) is 21.1. The Morgan fingerprint density at radius 1 is 1.11 bits per heavy atom. The molecule has 1 unspecified atom stereocenters. The molecule has 7 heteroatoms. The van der Waals surface area contributed by atoms with Crippen molar-refractivity contribution in [3.8, 4) is 0 Å². The first-order valence-electron chi connectivity index (χ1n) is 12.8. The summed E-state index contributed by atoms with van der Waals surface area (Å²) in [6, 6.07) is 18.8. The number of rotatable bonds is 7. The Morgan fingerprint density at radius 2 is 1.92 bits per heavy atom. The van der Waals surface area contributed by atoms with Crippen molar-refractivity contribution in [3.63, 3.8) is 0 Å². The molecule has 0 spiro atoms. The summed E-state index contributed by atoms with van der Waals surface area (Å²) in [5.41, 5.74) is 13.6. The average molecular weight is 483 g/mol. The Morgan fingerprint density at radius 3 is 2.72 bits per heavy atom. The van der Waals surface area contributed by atoms with E-state index >= 15 is 0 Å². The summed E-state index contributed by atoms with van der Waals surface area (Å²) < 4.78 is 0. The third kappa shape index (κ3) is 5.26. The van der Waals surface area contributed by atoms with Crippen molar-refractivity contribution >= 4 is 33.9 Å². The van der Waals surface area contributed by atoms with Gasteiger partial charge in [0.2, 0.25) is 5.91 Å². The number of H-pyrrole nitrogens is 1. The third-order valence-corrected chi connectivity index (χ3v) is 6.72. The second-order valence-corrected chi connectivity index (χ2v) is 9.72. The van der Waals surface area contributed by atoms with Crippen LogP contribution in [0.15, 0.2) is 70.3 Å². The van der Waals surface area contributed by atoms with Crippen molar-refractivity contribution in [2.75, 3.05) is 6.54 Å². The minimum absolute atomic E-state index is 0.142. The molecule has 0 aliphatic carbocycles. The van der Waals surface area contributed by atoms with Crippen LogP contribution in [0.1, 0.15) is 56.4 Å². The van der Waals surface area contributed by atoms with Crippen LogP contribution in [0.4, 0.5) is 0 Å². The van der Waals surface area contributed by atoms with Gasteiger partial charge in [0.15, 0.2) is 0 Å². The Kier molecular flexibility index (Phi) is 7.00. The average Bonchev–Trinajstić information content (AvgIpc) is 3.21. The summed E-state index contributed by atoms with van der Waals surface area (Å²) in [4.78, 5) is 28.0. The fourth-order valence-electron chi connectivity index (χ4n) is 4.87. The van der Waals surface area contributed by atoms with Gasteiger partial charge in [-0.05, 0) is 55.5 Å². The van der Waals surface area contributed by atoms with Crippen LogP contribution in [-0.2, 0) is 17.9 Å². The maximum atomic E-state index is 12.9. The second kappa shape index (κ2) is 10.5. The van der Waals surface area contributed by atoms with Crippen LogP contribution in [0.2, 0.25) is 0 Å². The molecule has 0 radical (unpaired) electrons. The summed E-state index contributed by atoms with van der Waals surface area (Å²) in [7, 11) is 0. The second-order valence-electron chi connectivity index (χ2n) is 9.72. The number of nitrogens with zero attached hydrogens (tertiary/aromatic N) is 3. The molecule has 4 N–H and O–H groups in total. The maximum absolute atomic E-state index is 12.9. The molecule has 1 amide bonds. The minimum Gasteiger partial charge on any atom is -0.355 e. The predicted molar refractivity (Wildman–Crippen MR) is 147 cm³/mol. The molecule has 2 aliphatic rings. The van der Waals surface area contributed by atoms with Gasteiger partial charge in [-0.15, -0.1) is 0 Å². The van der Waals surface area contributed by atoms with E-state index in [2.05, 4.69) is 51.7 Å². The van der Waals surface area contributed by atoms with E-state index in [-0.39, 0.29) is 12.1 Å². The van der Waals surface area contributed by atoms with Gasteiger partial charge in [0.1, 0.15) is 11.5 Å². The quantitative estimate of drug-likeness (QED) is 0.453. The number of carbonyl (C=O) groups excluding carboxylic acids is 1. The zero-order chi connectivity index (χ0) is 25.1. The van der Waals surface area contributed by atoms with E-state index in [1.54, 1.807) is 0 Å². The van der Waals surface area contributed by atoms with Crippen LogP contribution >= 0.6 is 0 Å². The van der Waals surface area contributed by atoms with E-state index in [4.69, 9.17) is 10.7 Å². The van der Waals surface area contributed by atoms with Gasteiger partial charge < -0.3 is 20.9 Å². The largest absolute Gasteiger partial charge is 0.355 e. The van der Waals surface area contributed by atoms with Gasteiger partial charge in [-0.25, -0.2) is 0 Å². The summed E-state index contributed by atoms with van der Waals surface area (Å²) in [6.45, 7) is 5.84. The Labute approximate surface area is 212 Å². The molecule has 1 aromatic heterocycles. The lowest BCUT2D eigenvalue weighted by molar-refractivity contribution is -0.132. The van der Waals surface area contributed by atoms with Gasteiger partial charge in [-0.2, -0.15) is 0 Å². The molecule has 2 aromatic carbocycles. The molecule has 1 atom stereocenters. The predicted octanol–water partition coefficient (Wildman–Crippen LogP) is 4.75. The number of amidine groups is 1. The summed E-state index contributed by atoms with van der Waals surface area (Å²) in [5, 5.41) is 4.44. The minimum atomic E-state index is -0.142. The highest BCUT2D eigenvalue weighted by Gasteiger charge is 2.25. The molecule has 7 nitrogen and oxygen atoms in total. The topological polar surface area (TPSA) is 98.9 Å². The fourth-order valence-corrected chi connectivity index (χ4v) is 4.87. The molecule has 3 heterocycles. The lowest BCUT2D eigenvalue weighted by atomic mass is 10.0. The number of hydrogen-bond acceptors (Lipinski definition) is 5. The van der Waals surface area contributed by atoms with Crippen molar-refractivity contribution in [1.82, 2.24) is 15.2 Å². The van der Waals surface area contributed by atoms with Crippen LogP contribution in [0.5, 0.6) is 0 Å². The maximum Gasteiger partial charge on any atom is 0.223 e. The number of benzene rings is 2. The molecule has 0 saturated carbocycles. The zero-order valence-corrected chi connectivity index (χ0v) is 21.1. The highest BCUT2D eigenvalue weighted by atomic mass is 16.2. The lowest BCUT2D eigenvalue weighted by Crippen LogP contribution is -2.41. The number of carbonyl (C=O) groups is 1. The number of amides is 1. The number of hydrogen-bond donors (Lipinski definition) is 3. The molecule has 186 valence electrons. The molecule has 0 bridgehead atoms. The van der Waals surface area contributed by atoms with Gasteiger partial charge in [0.05, 0.1) is 12.7 Å². The molecular weight excluding hydrogens is 448 g/mol. The molecule has 0 fully saturated rings. The number of aromatic nitrogens is 1. The summed E-state index contributed by atoms with van der Waals surface area (Å²) in [5.74, 6) is 0.966. The number of nitrogens with two attached hydrogens (primary N) is 1. The smallest absolute Gasteiger partial charge is 0.223 e. The van der Waals surface area contributed by atoms with E-state index in [1.807, 2.05) is 36.9 Å². The highest BCUT2D eigenvalue weighted by molar-refractivity contribution is 6.10. The van der Waals surface area contributed by atoms with Crippen molar-refractivity contribution in [3.05, 3.63) is 77.1 Å². The standard InChI is InChI=1S/C29H34N6O/c1-3-7-27(36)35(17-20-8-5-4-6-9-20)18-21-10-12-24-22(14-21)15-25(33-24)23-11-13-26(30)34-29-28(23)32-19(2)16-31-29/h4-6,8-10,12,14-15,26,33H,3,7,11,13,16-18,30H2,1-2H3,(H,31,34). The summed E-state index contributed by atoms with van der Waals surface area (Å²) >= 11 is 0. The fraction of sp³-hybridized carbons (Fsp3) is 0.345. The Balaban J connectivity index is 1.45. The third-order valence-electron chi connectivity index (χ3n) is 6.72. The molecule has 3 aromatic rings. The van der Waals surface area contributed by atoms with Crippen LogP contribution in [0.25, 0.3) is 16.5 Å². The van der Waals surface area contributed by atoms with Crippen LogP contribution in [-0.4, -0.2) is 40.0 Å². The van der Waals surface area contributed by atoms with E-state index in [0.717, 1.165) is 69.8 Å². The lowest BCUT2D eigenvalue weighted by Gasteiger charge is -2.23. The number of nitrogens with one attached hydrogen (secondary N) is 2. The number of allylic oxidation sites excluding steroid dienone is 1. The van der Waals surface area contributed by atoms with E-state index in [9.17, 15) is 4.79 Å². The van der Waals surface area contributed by atoms with Crippen LogP contribution in [0.3, 0.4) is 0 Å². The Hall–Kier alpha value is -3.71. The first-order valence-corrected chi connectivity index (χ1v) is 12.8. The molecule has 0 saturated heterocycles. The SMILES string of the molecule is CCCC(=O)N(Cc1ccccc1)Cc1ccc2[nH]c(C3=C4N=C(C)CN=C4NC(N)CC3)cc2c1. The van der Waals surface area contributed by atoms with Gasteiger partial charge in [-0.1, -0.05) is 43.3 Å². The molecule has 5 rings (SSSR count). The van der Waals surface area contributed by atoms with Crippen molar-refractivity contribution < 1.29 is 4.79 Å². The van der Waals surface area contributed by atoms with Gasteiger partial charge in [0, 0.05) is 47.4 Å². The molecule has 2 aliphatic heterocycles. The van der Waals surface area contributed by atoms with Crippen molar-refractivity contribution in [2.45, 2.75) is 58.8 Å². The van der Waals surface area contributed by atoms with Crippen LogP contribution in [0, 0.1) is 0 Å². The van der Waals surface area contributed by atoms with Gasteiger partial charge in [0.25, 0.3) is 0 Å². The van der Waals surface area contributed by atoms with E-state index in [0.29, 0.717) is 26.1 Å². The monoisotopic (exact) mass is 482 g/mol. The van der Waals surface area contributed by atoms with E-state index < -0.39 is 0 Å². The molecular formula is C29H34N6O. The van der Waals surface area contributed by atoms with Crippen molar-refractivity contribution in [1.29, 1.82) is 0 Å². The highest BCUT2D eigenvalue weighted by Crippen LogP contribution is 2.31. The van der Waals surface area contributed by atoms with Crippen LogP contribution < -0.4 is 11.1 Å². The summed E-state index contributed by atoms with van der Waals surface area (Å²) in [6.07, 6.45) is 2.88. The number of aromatic amines is 1. The van der Waals surface area contributed by atoms with E-state index in [1.165, 1.54) is 0 Å². The first kappa shape index (κ1) is 24.0. The van der Waals surface area contributed by atoms with Crippen molar-refractivity contribution in [2.24, 2.45) is 15.7 Å². The molecule has 36 heavy (non-hydrogen) atoms. The van der Waals surface area contributed by atoms with Gasteiger partial charge >= 0.3 is 0 Å². The van der Waals surface area contributed by atoms with Gasteiger partial charge in [-0.3, -0.25) is 14.8 Å². The number of aliphatic imine (C=N–C) groups is 2. The Bertz CT molecular complexity index is 1350.